The molecule has 8 nitrogen and oxygen atoms in total. The summed E-state index contributed by atoms with van der Waals surface area (Å²) in [6.07, 6.45) is 10.2. The zero-order chi connectivity index (χ0) is 27.9. The lowest BCUT2D eigenvalue weighted by molar-refractivity contribution is -0.142. The normalized spacial score (nSPS) is 21.7. The SMILES string of the molecule is COC(=O)CC1(CSSCC2(CC(=O)OC)CC2)CC1.O=C(O)CC1(CSSCC2(CC(=O)O)CC2)CC1. The lowest BCUT2D eigenvalue weighted by Gasteiger charge is -2.15. The summed E-state index contributed by atoms with van der Waals surface area (Å²) in [5, 5.41) is 17.6. The summed E-state index contributed by atoms with van der Waals surface area (Å²) < 4.78 is 9.49. The van der Waals surface area contributed by atoms with E-state index in [1.807, 2.05) is 21.6 Å². The fraction of sp³-hybridized carbons (Fsp3) is 0.846. The molecular formula is C26H40O8S4. The summed E-state index contributed by atoms with van der Waals surface area (Å²) in [6.45, 7) is 0. The molecule has 4 rings (SSSR count). The maximum atomic E-state index is 11.3. The minimum absolute atomic E-state index is 0.0347. The molecule has 0 amide bonds. The molecule has 0 aromatic carbocycles. The van der Waals surface area contributed by atoms with Crippen molar-refractivity contribution in [3.05, 3.63) is 0 Å². The molecule has 4 fully saturated rings. The number of hydrogen-bond donors (Lipinski definition) is 2. The Kier molecular flexibility index (Phi) is 11.5. The molecule has 0 aromatic heterocycles. The van der Waals surface area contributed by atoms with Gasteiger partial charge >= 0.3 is 23.9 Å². The molecule has 216 valence electrons. The predicted octanol–water partition coefficient (Wildman–Crippen LogP) is 5.93. The van der Waals surface area contributed by atoms with Gasteiger partial charge in [0.25, 0.3) is 0 Å². The largest absolute Gasteiger partial charge is 0.481 e. The van der Waals surface area contributed by atoms with Gasteiger partial charge in [-0.1, -0.05) is 43.2 Å². The lowest BCUT2D eigenvalue weighted by Crippen LogP contribution is -2.14. The zero-order valence-electron chi connectivity index (χ0n) is 22.3. The summed E-state index contributed by atoms with van der Waals surface area (Å²) >= 11 is 0. The fourth-order valence-electron chi connectivity index (χ4n) is 4.26. The van der Waals surface area contributed by atoms with E-state index in [2.05, 4.69) is 0 Å². The Bertz CT molecular complexity index is 793. The number of methoxy groups -OCH3 is 2. The van der Waals surface area contributed by atoms with E-state index < -0.39 is 11.9 Å². The lowest BCUT2D eigenvalue weighted by atomic mass is 10.1. The summed E-state index contributed by atoms with van der Waals surface area (Å²) in [5.74, 6) is 2.16. The highest BCUT2D eigenvalue weighted by atomic mass is 33.1. The van der Waals surface area contributed by atoms with Gasteiger partial charge in [-0.15, -0.1) is 0 Å². The van der Waals surface area contributed by atoms with E-state index in [1.54, 1.807) is 21.6 Å². The Morgan fingerprint density at radius 1 is 0.526 bits per heavy atom. The van der Waals surface area contributed by atoms with Crippen LogP contribution in [0.15, 0.2) is 0 Å². The third-order valence-electron chi connectivity index (χ3n) is 8.00. The Labute approximate surface area is 241 Å². The van der Waals surface area contributed by atoms with Gasteiger partial charge in [0.05, 0.1) is 39.9 Å². The van der Waals surface area contributed by atoms with Crippen LogP contribution < -0.4 is 0 Å². The first-order valence-corrected chi connectivity index (χ1v) is 18.0. The van der Waals surface area contributed by atoms with E-state index in [0.29, 0.717) is 12.8 Å². The van der Waals surface area contributed by atoms with E-state index in [4.69, 9.17) is 19.7 Å². The van der Waals surface area contributed by atoms with Crippen LogP contribution >= 0.6 is 43.2 Å². The van der Waals surface area contributed by atoms with Crippen LogP contribution in [0.4, 0.5) is 0 Å². The van der Waals surface area contributed by atoms with Gasteiger partial charge in [0.1, 0.15) is 0 Å². The molecule has 0 spiro atoms. The van der Waals surface area contributed by atoms with Crippen molar-refractivity contribution in [2.75, 3.05) is 37.2 Å². The van der Waals surface area contributed by atoms with Gasteiger partial charge in [-0.25, -0.2) is 0 Å². The monoisotopic (exact) mass is 608 g/mol. The van der Waals surface area contributed by atoms with Crippen molar-refractivity contribution in [1.29, 1.82) is 0 Å². The smallest absolute Gasteiger partial charge is 0.306 e. The molecule has 4 aliphatic rings. The van der Waals surface area contributed by atoms with Gasteiger partial charge in [0.2, 0.25) is 0 Å². The van der Waals surface area contributed by atoms with Gasteiger partial charge in [-0.05, 0) is 73.0 Å². The molecule has 0 aliphatic heterocycles. The second kappa shape index (κ2) is 13.8. The molecule has 0 unspecified atom stereocenters. The third-order valence-corrected chi connectivity index (χ3v) is 13.7. The first-order chi connectivity index (χ1) is 18.0. The summed E-state index contributed by atoms with van der Waals surface area (Å²) in [4.78, 5) is 44.1. The predicted molar refractivity (Wildman–Crippen MR) is 154 cm³/mol. The van der Waals surface area contributed by atoms with Crippen molar-refractivity contribution < 1.29 is 38.9 Å². The van der Waals surface area contributed by atoms with Crippen molar-refractivity contribution in [2.45, 2.75) is 77.0 Å². The summed E-state index contributed by atoms with van der Waals surface area (Å²) in [7, 11) is 10.0. The van der Waals surface area contributed by atoms with E-state index in [9.17, 15) is 19.2 Å². The van der Waals surface area contributed by atoms with Crippen LogP contribution in [0.2, 0.25) is 0 Å². The highest BCUT2D eigenvalue weighted by Crippen LogP contribution is 2.57. The van der Waals surface area contributed by atoms with E-state index in [-0.39, 0.29) is 46.4 Å². The van der Waals surface area contributed by atoms with Crippen molar-refractivity contribution in [3.8, 4) is 0 Å². The molecular weight excluding hydrogens is 569 g/mol. The minimum atomic E-state index is -0.706. The van der Waals surface area contributed by atoms with Crippen molar-refractivity contribution in [2.24, 2.45) is 21.7 Å². The highest BCUT2D eigenvalue weighted by Gasteiger charge is 2.48. The maximum absolute atomic E-state index is 11.3. The van der Waals surface area contributed by atoms with Crippen molar-refractivity contribution >= 4 is 67.1 Å². The minimum Gasteiger partial charge on any atom is -0.481 e. The number of aliphatic carboxylic acids is 2. The molecule has 0 heterocycles. The molecule has 12 heteroatoms. The summed E-state index contributed by atoms with van der Waals surface area (Å²) in [6, 6.07) is 0. The molecule has 2 N–H and O–H groups in total. The van der Waals surface area contributed by atoms with Gasteiger partial charge in [0.15, 0.2) is 0 Å². The quantitative estimate of drug-likeness (QED) is 0.109. The Balaban J connectivity index is 0.000000212. The first kappa shape index (κ1) is 31.8. The molecule has 0 bridgehead atoms. The van der Waals surface area contributed by atoms with Crippen molar-refractivity contribution in [3.63, 3.8) is 0 Å². The summed E-state index contributed by atoms with van der Waals surface area (Å²) in [5.41, 5.74) is 0.438. The van der Waals surface area contributed by atoms with Crippen LogP contribution in [-0.2, 0) is 28.7 Å². The number of carbonyl (C=O) groups is 4. The number of carbonyl (C=O) groups excluding carboxylic acids is 2. The number of esters is 2. The standard InChI is InChI=1S/C14H22O4S2.C12H18O4S2/c1-17-11(15)7-13(3-4-13)9-19-20-10-14(5-6-14)8-12(16)18-2;13-9(14)5-11(1-2-11)7-17-18-8-12(3-4-12)6-10(15)16/h3-10H2,1-2H3;1-8H2,(H,13,14)(H,15,16). The van der Waals surface area contributed by atoms with Gasteiger partial charge in [0, 0.05) is 23.0 Å². The maximum Gasteiger partial charge on any atom is 0.306 e. The molecule has 4 saturated carbocycles. The molecule has 0 aromatic rings. The topological polar surface area (TPSA) is 127 Å². The number of carboxylic acid groups (broad SMARTS) is 2. The van der Waals surface area contributed by atoms with Gasteiger partial charge < -0.3 is 19.7 Å². The van der Waals surface area contributed by atoms with E-state index in [1.165, 1.54) is 14.2 Å². The highest BCUT2D eigenvalue weighted by molar-refractivity contribution is 8.77. The molecule has 4 aliphatic carbocycles. The van der Waals surface area contributed by atoms with Crippen LogP contribution in [0.1, 0.15) is 77.0 Å². The molecule has 0 radical (unpaired) electrons. The van der Waals surface area contributed by atoms with E-state index in [0.717, 1.165) is 74.4 Å². The molecule has 38 heavy (non-hydrogen) atoms. The number of hydrogen-bond acceptors (Lipinski definition) is 10. The van der Waals surface area contributed by atoms with Gasteiger partial charge in [-0.2, -0.15) is 0 Å². The molecule has 0 atom stereocenters. The van der Waals surface area contributed by atoms with Gasteiger partial charge in [-0.3, -0.25) is 19.2 Å². The molecule has 0 saturated heterocycles. The fourth-order valence-corrected chi connectivity index (χ4v) is 11.2. The second-order valence-electron chi connectivity index (χ2n) is 11.7. The average molecular weight is 609 g/mol. The van der Waals surface area contributed by atoms with Crippen molar-refractivity contribution in [1.82, 2.24) is 0 Å². The third kappa shape index (κ3) is 11.0. The average Bonchev–Trinajstić information content (AvgIpc) is 3.65. The van der Waals surface area contributed by atoms with Crippen LogP contribution in [0.3, 0.4) is 0 Å². The Morgan fingerprint density at radius 3 is 0.947 bits per heavy atom. The van der Waals surface area contributed by atoms with E-state index >= 15 is 0 Å². The first-order valence-electron chi connectivity index (χ1n) is 13.0. The number of carboxylic acids is 2. The van der Waals surface area contributed by atoms with Crippen LogP contribution in [0, 0.1) is 21.7 Å². The number of ether oxygens (including phenoxy) is 2. The Morgan fingerprint density at radius 2 is 0.763 bits per heavy atom. The van der Waals surface area contributed by atoms with Crippen LogP contribution in [-0.4, -0.2) is 71.3 Å². The zero-order valence-corrected chi connectivity index (χ0v) is 25.6. The van der Waals surface area contributed by atoms with Crippen LogP contribution in [0.25, 0.3) is 0 Å². The Hall–Kier alpha value is -0.720. The number of rotatable bonds is 18. The van der Waals surface area contributed by atoms with Crippen LogP contribution in [0.5, 0.6) is 0 Å². The second-order valence-corrected chi connectivity index (χ2v) is 16.6.